The van der Waals surface area contributed by atoms with Crippen molar-refractivity contribution in [3.8, 4) is 11.5 Å². The summed E-state index contributed by atoms with van der Waals surface area (Å²) in [6.07, 6.45) is 0. The van der Waals surface area contributed by atoms with E-state index in [-0.39, 0.29) is 5.53 Å². The van der Waals surface area contributed by atoms with E-state index in [4.69, 9.17) is 7.15 Å². The molecule has 0 spiro atoms. The Morgan fingerprint density at radius 1 is 1.39 bits per heavy atom. The van der Waals surface area contributed by atoms with Gasteiger partial charge in [-0.05, 0) is 10.5 Å². The number of hydrazine groups is 1. The van der Waals surface area contributed by atoms with Crippen LogP contribution in [0.3, 0.4) is 0 Å². The van der Waals surface area contributed by atoms with E-state index in [1.165, 1.54) is 0 Å². The van der Waals surface area contributed by atoms with Crippen LogP contribution < -0.4 is 11.3 Å². The van der Waals surface area contributed by atoms with Crippen molar-refractivity contribution in [1.82, 2.24) is 30.3 Å². The third-order valence-corrected chi connectivity index (χ3v) is 1.74. The number of hydrogen-bond acceptors (Lipinski definition) is 9. The van der Waals surface area contributed by atoms with Gasteiger partial charge < -0.3 is 26.0 Å². The summed E-state index contributed by atoms with van der Waals surface area (Å²) < 4.78 is 7.58. The van der Waals surface area contributed by atoms with E-state index >= 15 is 0 Å². The predicted molar refractivity (Wildman–Crippen MR) is 52.8 cm³/mol. The van der Waals surface area contributed by atoms with Gasteiger partial charge in [-0.3, -0.25) is 0 Å². The van der Waals surface area contributed by atoms with Crippen LogP contribution in [-0.2, 0) is 0 Å². The second kappa shape index (κ2) is 3.92. The van der Waals surface area contributed by atoms with Gasteiger partial charge in [0.05, 0.1) is 5.10 Å². The monoisotopic (exact) mass is 257 g/mol. The van der Waals surface area contributed by atoms with Crippen LogP contribution >= 0.6 is 0 Å². The summed E-state index contributed by atoms with van der Waals surface area (Å²) in [6, 6.07) is 0. The minimum Gasteiger partial charge on any atom is -0.358 e. The standard InChI is InChI=1S/C4H4N10O4/c5-4-9-7-2(12(4)11-14(17)18)1-3(13(15)16)8-10-6-1/h11H,(H2,5,9)(H,6,8,10)/i/hD. The molecule has 0 aromatic carbocycles. The molecule has 2 aromatic heterocycles. The lowest BCUT2D eigenvalue weighted by Crippen LogP contribution is -2.23. The molecule has 0 aliphatic carbocycles. The maximum absolute atomic E-state index is 10.7. The van der Waals surface area contributed by atoms with Crippen LogP contribution in [0.5, 0.6) is 0 Å². The summed E-state index contributed by atoms with van der Waals surface area (Å²) in [5.74, 6) is -1.71. The first-order chi connectivity index (χ1) is 8.93. The number of rotatable bonds is 4. The van der Waals surface area contributed by atoms with Gasteiger partial charge in [-0.15, -0.1) is 10.3 Å². The highest BCUT2D eigenvalue weighted by Crippen LogP contribution is 2.23. The van der Waals surface area contributed by atoms with Crippen LogP contribution in [0.4, 0.5) is 11.8 Å². The highest BCUT2D eigenvalue weighted by atomic mass is 16.7. The van der Waals surface area contributed by atoms with Gasteiger partial charge in [0.2, 0.25) is 0 Å². The minimum atomic E-state index is -1.14. The van der Waals surface area contributed by atoms with Crippen LogP contribution in [0, 0.1) is 20.2 Å². The number of nitrogens with one attached hydrogen (secondary N) is 2. The molecular formula is C4H4N10O4. The maximum Gasteiger partial charge on any atom is 0.423 e. The quantitative estimate of drug-likeness (QED) is 0.418. The first-order valence-electron chi connectivity index (χ1n) is 4.58. The summed E-state index contributed by atoms with van der Waals surface area (Å²) in [5, 5.41) is 35.4. The Labute approximate surface area is 97.5 Å². The molecule has 14 heteroatoms. The summed E-state index contributed by atoms with van der Waals surface area (Å²) in [6.45, 7) is 0. The van der Waals surface area contributed by atoms with E-state index < -0.39 is 33.2 Å². The zero-order valence-electron chi connectivity index (χ0n) is 9.29. The predicted octanol–water partition coefficient (Wildman–Crippen LogP) is -1.71. The second-order valence-electron chi connectivity index (χ2n) is 2.77. The molecule has 0 aliphatic heterocycles. The van der Waals surface area contributed by atoms with Gasteiger partial charge in [0.25, 0.3) is 7.11 Å². The van der Waals surface area contributed by atoms with Crippen LogP contribution in [0.15, 0.2) is 0 Å². The normalized spacial score (nSPS) is 11.0. The van der Waals surface area contributed by atoms with Gasteiger partial charge in [0.15, 0.2) is 0 Å². The molecule has 18 heavy (non-hydrogen) atoms. The molecule has 2 heterocycles. The van der Waals surface area contributed by atoms with E-state index in [1.54, 1.807) is 0 Å². The third kappa shape index (κ3) is 1.72. The average molecular weight is 257 g/mol. The highest BCUT2D eigenvalue weighted by molar-refractivity contribution is 5.60. The molecule has 0 aliphatic rings. The number of H-pyrrole nitrogens is 1. The van der Waals surface area contributed by atoms with Crippen LogP contribution in [0.1, 0.15) is 0 Å². The molecular weight excluding hydrogens is 252 g/mol. The molecule has 2 rings (SSSR count). The van der Waals surface area contributed by atoms with Crippen LogP contribution in [0.2, 0.25) is 1.41 Å². The first kappa shape index (κ1) is 9.87. The lowest BCUT2D eigenvalue weighted by Gasteiger charge is -1.99. The molecule has 0 fully saturated rings. The fourth-order valence-corrected chi connectivity index (χ4v) is 1.10. The Bertz CT molecular complexity index is 648. The van der Waals surface area contributed by atoms with E-state index in [1.807, 2.05) is 5.21 Å². The zero-order valence-corrected chi connectivity index (χ0v) is 8.29. The summed E-state index contributed by atoms with van der Waals surface area (Å²) in [4.78, 5) is 20.3. The van der Waals surface area contributed by atoms with Crippen molar-refractivity contribution in [3.05, 3.63) is 20.2 Å². The topological polar surface area (TPSA) is 197 Å². The number of anilines is 1. The maximum atomic E-state index is 10.7. The number of nitrogens with zero attached hydrogens (tertiary/aromatic N) is 7. The Hall–Kier alpha value is -3.32. The molecule has 94 valence electrons. The van der Waals surface area contributed by atoms with Gasteiger partial charge in [0.1, 0.15) is 0 Å². The summed E-state index contributed by atoms with van der Waals surface area (Å²) in [7, 11) is 0. The Kier molecular flexibility index (Phi) is 2.15. The molecule has 0 atom stereocenters. The minimum absolute atomic E-state index is 0.289. The Morgan fingerprint density at radius 3 is 2.72 bits per heavy atom. The molecule has 4 N–H and O–H groups in total. The number of nitrogen functional groups attached to an aromatic ring is 1. The fraction of sp³-hybridized carbons (Fsp3) is 0. The van der Waals surface area contributed by atoms with Gasteiger partial charge in [0, 0.05) is 5.03 Å². The lowest BCUT2D eigenvalue weighted by molar-refractivity contribution is -0.461. The number of nitrogens with two attached hydrogens (primary N) is 1. The van der Waals surface area contributed by atoms with Crippen molar-refractivity contribution >= 4 is 11.8 Å². The smallest absolute Gasteiger partial charge is 0.358 e. The van der Waals surface area contributed by atoms with Crippen molar-refractivity contribution in [2.24, 2.45) is 0 Å². The zero-order chi connectivity index (χ0) is 14.2. The average Bonchev–Trinajstić information content (AvgIpc) is 2.93. The van der Waals surface area contributed by atoms with Crippen molar-refractivity contribution in [2.75, 3.05) is 11.3 Å². The number of hydrogen-bond donors (Lipinski definition) is 3. The molecule has 0 bridgehead atoms. The van der Waals surface area contributed by atoms with Crippen molar-refractivity contribution in [1.29, 1.82) is 0 Å². The molecule has 0 unspecified atom stereocenters. The van der Waals surface area contributed by atoms with Gasteiger partial charge in [-0.2, -0.15) is 0 Å². The molecule has 14 nitrogen and oxygen atoms in total. The van der Waals surface area contributed by atoms with Crippen molar-refractivity contribution in [2.45, 2.75) is 0 Å². The first-order valence-corrected chi connectivity index (χ1v) is 4.13. The highest BCUT2D eigenvalue weighted by Gasteiger charge is 2.31. The second-order valence-corrected chi connectivity index (χ2v) is 2.77. The van der Waals surface area contributed by atoms with Crippen molar-refractivity contribution < 1.29 is 11.4 Å². The lowest BCUT2D eigenvalue weighted by atomic mass is 10.4. The van der Waals surface area contributed by atoms with E-state index in [0.29, 0.717) is 4.68 Å². The Morgan fingerprint density at radius 2 is 2.11 bits per heavy atom. The van der Waals surface area contributed by atoms with Gasteiger partial charge in [-0.1, -0.05) is 14.9 Å². The molecule has 0 radical (unpaired) electrons. The number of aromatic nitrogens is 6. The SMILES string of the molecule is [2H]N(n1c(N)nnc1-c1n[nH]nc1[N+](=O)[O-])[N+](=O)[O-]. The Balaban J connectivity index is 2.61. The van der Waals surface area contributed by atoms with Gasteiger partial charge in [-0.25, -0.2) is 0 Å². The van der Waals surface area contributed by atoms with Crippen LogP contribution in [0.25, 0.3) is 11.5 Å². The summed E-state index contributed by atoms with van der Waals surface area (Å²) in [5.41, 5.74) is 4.58. The van der Waals surface area contributed by atoms with Crippen LogP contribution in [-0.4, -0.2) is 40.2 Å². The fourth-order valence-electron chi connectivity index (χ4n) is 1.10. The number of nitro groups is 2. The van der Waals surface area contributed by atoms with E-state index in [2.05, 4.69) is 20.4 Å². The number of aromatic amines is 1. The summed E-state index contributed by atoms with van der Waals surface area (Å²) >= 11 is 0. The molecule has 2 aromatic rings. The van der Waals surface area contributed by atoms with E-state index in [9.17, 15) is 20.2 Å². The third-order valence-electron chi connectivity index (χ3n) is 1.74. The molecule has 0 saturated carbocycles. The van der Waals surface area contributed by atoms with Gasteiger partial charge >= 0.3 is 17.6 Å². The van der Waals surface area contributed by atoms with Crippen molar-refractivity contribution in [3.63, 3.8) is 0 Å². The largest absolute Gasteiger partial charge is 0.423 e. The molecule has 0 saturated heterocycles. The molecule has 0 amide bonds. The van der Waals surface area contributed by atoms with E-state index in [0.717, 1.165) is 0 Å².